The lowest BCUT2D eigenvalue weighted by Gasteiger charge is -2.47. The summed E-state index contributed by atoms with van der Waals surface area (Å²) in [6.45, 7) is 27.1. The second-order valence-electron chi connectivity index (χ2n) is 28.9. The Morgan fingerprint density at radius 1 is 0.434 bits per heavy atom. The molecular formula is C78H111N15O6. The Morgan fingerprint density at radius 2 is 0.707 bits per heavy atom. The molecule has 3 fully saturated rings. The first-order chi connectivity index (χ1) is 47.8. The highest BCUT2D eigenvalue weighted by Crippen LogP contribution is 2.48. The van der Waals surface area contributed by atoms with E-state index in [1.807, 2.05) is 81.3 Å². The van der Waals surface area contributed by atoms with Crippen molar-refractivity contribution in [2.24, 2.45) is 17.8 Å². The highest BCUT2D eigenvalue weighted by Gasteiger charge is 2.48. The lowest BCUT2D eigenvalue weighted by molar-refractivity contribution is -0.136. The van der Waals surface area contributed by atoms with Crippen LogP contribution in [0, 0.1) is 17.8 Å². The van der Waals surface area contributed by atoms with Gasteiger partial charge in [-0.25, -0.2) is 14.4 Å². The number of nitrogens with one attached hydrogen (secondary N) is 6. The van der Waals surface area contributed by atoms with E-state index >= 15 is 0 Å². The Balaban J connectivity index is 0.000000161. The van der Waals surface area contributed by atoms with Crippen LogP contribution in [0.3, 0.4) is 0 Å². The molecule has 3 aromatic carbocycles. The average molecular weight is 1350 g/mol. The van der Waals surface area contributed by atoms with Crippen molar-refractivity contribution in [3.8, 4) is 0 Å². The van der Waals surface area contributed by atoms with Crippen LogP contribution in [0.4, 0.5) is 14.4 Å². The number of likely N-dealkylation sites (tertiary alicyclic amines) is 3. The number of H-pyrrole nitrogens is 3. The van der Waals surface area contributed by atoms with E-state index in [1.165, 1.54) is 64.2 Å². The summed E-state index contributed by atoms with van der Waals surface area (Å²) >= 11 is 0. The van der Waals surface area contributed by atoms with Gasteiger partial charge in [-0.05, 0) is 192 Å². The molecular weight excluding hydrogens is 1240 g/mol. The number of fused-ring (bicyclic) bond motifs is 6. The molecule has 99 heavy (non-hydrogen) atoms. The Morgan fingerprint density at radius 3 is 0.949 bits per heavy atom. The van der Waals surface area contributed by atoms with Crippen molar-refractivity contribution >= 4 is 68.5 Å². The van der Waals surface area contributed by atoms with Crippen molar-refractivity contribution in [2.75, 3.05) is 140 Å². The Kier molecular flexibility index (Phi) is 25.3. The predicted molar refractivity (Wildman–Crippen MR) is 397 cm³/mol. The van der Waals surface area contributed by atoms with Gasteiger partial charge < -0.3 is 45.6 Å². The molecule has 21 heteroatoms. The number of hydrogen-bond acceptors (Lipinski definition) is 12. The van der Waals surface area contributed by atoms with Crippen LogP contribution in [0.25, 0.3) is 32.7 Å². The summed E-state index contributed by atoms with van der Waals surface area (Å²) < 4.78 is 0. The number of carbonyl (C=O) groups is 6. The summed E-state index contributed by atoms with van der Waals surface area (Å²) in [7, 11) is 12.0. The van der Waals surface area contributed by atoms with E-state index in [-0.39, 0.29) is 71.3 Å². The van der Waals surface area contributed by atoms with Crippen molar-refractivity contribution in [1.82, 2.24) is 75.0 Å². The van der Waals surface area contributed by atoms with Crippen LogP contribution in [-0.2, 0) is 33.6 Å². The van der Waals surface area contributed by atoms with E-state index in [9.17, 15) is 28.8 Å². The van der Waals surface area contributed by atoms with Gasteiger partial charge in [-0.15, -0.1) is 19.7 Å². The van der Waals surface area contributed by atoms with E-state index in [0.29, 0.717) is 77.0 Å². The van der Waals surface area contributed by atoms with E-state index in [2.05, 4.69) is 153 Å². The number of aromatic nitrogens is 3. The second-order valence-corrected chi connectivity index (χ2v) is 28.9. The van der Waals surface area contributed by atoms with Crippen LogP contribution in [-0.4, -0.2) is 253 Å². The normalized spacial score (nSPS) is 22.2. The number of aromatic amines is 3. The molecule has 3 aliphatic heterocycles. The molecule has 534 valence electrons. The molecule has 6 heterocycles. The molecule has 6 aromatic rings. The second kappa shape index (κ2) is 34.0. The molecule has 0 spiro atoms. The van der Waals surface area contributed by atoms with Crippen molar-refractivity contribution < 1.29 is 28.8 Å². The van der Waals surface area contributed by atoms with Crippen molar-refractivity contribution in [3.63, 3.8) is 0 Å². The minimum atomic E-state index is -0.280. The van der Waals surface area contributed by atoms with Gasteiger partial charge in [0, 0.05) is 166 Å². The standard InChI is InChI=1S/3C26H37N5O2/c3*1-5-11-30-17-19(25(32)31(26(33)27-6-2)13-8-12-29(3)4)14-21-20-9-7-10-22-24(20)18(16-28-22)15-23(21)30/h3*5,7,9-10,16,19,21,23,28H,1,6,8,11-15,17H2,2-4H3,(H,27,33)/t3*19-,21-,23-/m111/s1. The number of imide groups is 3. The number of urea groups is 3. The molecule has 9 amide bonds. The SMILES string of the molecule is C=CCN1C[C@H](C(=O)N(CCCN(C)C)C(=O)NCC)C[C@@H]2c3cccc4[nH]cc(c34)C[C@H]21.C=CCN1C[C@H](C(=O)N(CCCN(C)C)C(=O)NCC)C[C@@H]2c3cccc4[nH]cc(c34)C[C@H]21.C=CCN1C[C@H](C(=O)N(CCCN(C)C)C(=O)NCC)C[C@@H]2c3cccc4[nH]cc(c34)C[C@H]21. The molecule has 21 nitrogen and oxygen atoms in total. The number of nitrogens with zero attached hydrogens (tertiary/aromatic N) is 9. The molecule has 3 aromatic heterocycles. The van der Waals surface area contributed by atoms with Crippen LogP contribution >= 0.6 is 0 Å². The van der Waals surface area contributed by atoms with E-state index < -0.39 is 0 Å². The summed E-state index contributed by atoms with van der Waals surface area (Å²) in [4.78, 5) is 108. The smallest absolute Gasteiger partial charge is 0.324 e. The molecule has 3 saturated heterocycles. The number of carbonyl (C=O) groups excluding carboxylic acids is 6. The van der Waals surface area contributed by atoms with Crippen LogP contribution in [0.2, 0.25) is 0 Å². The van der Waals surface area contributed by atoms with Gasteiger partial charge in [0.1, 0.15) is 0 Å². The summed E-state index contributed by atoms with van der Waals surface area (Å²) in [5.74, 6) is -0.0398. The highest BCUT2D eigenvalue weighted by molar-refractivity contribution is 5.98. The minimum absolute atomic E-state index is 0.0562. The highest BCUT2D eigenvalue weighted by atomic mass is 16.2. The molecule has 0 unspecified atom stereocenters. The number of amides is 9. The number of rotatable bonds is 24. The summed E-state index contributed by atoms with van der Waals surface area (Å²) in [6, 6.07) is 19.5. The van der Waals surface area contributed by atoms with Crippen molar-refractivity contribution in [3.05, 3.63) is 145 Å². The molecule has 3 aliphatic carbocycles. The van der Waals surface area contributed by atoms with E-state index in [1.54, 1.807) is 0 Å². The maximum atomic E-state index is 13.7. The molecule has 6 N–H and O–H groups in total. The zero-order chi connectivity index (χ0) is 70.6. The molecule has 0 saturated carbocycles. The fourth-order valence-electron chi connectivity index (χ4n) is 17.0. The van der Waals surface area contributed by atoms with Crippen LogP contribution in [0.5, 0.6) is 0 Å². The number of benzene rings is 3. The van der Waals surface area contributed by atoms with Crippen LogP contribution < -0.4 is 16.0 Å². The molecule has 0 radical (unpaired) electrons. The monoisotopic (exact) mass is 1350 g/mol. The number of piperidine rings is 3. The third-order valence-electron chi connectivity index (χ3n) is 21.3. The Bertz CT molecular complexity index is 3420. The van der Waals surface area contributed by atoms with E-state index in [0.717, 1.165) is 114 Å². The largest absolute Gasteiger partial charge is 0.361 e. The van der Waals surface area contributed by atoms with Gasteiger partial charge in [-0.3, -0.25) is 43.8 Å². The van der Waals surface area contributed by atoms with Gasteiger partial charge in [0.15, 0.2) is 0 Å². The van der Waals surface area contributed by atoms with Gasteiger partial charge >= 0.3 is 18.1 Å². The first-order valence-electron chi connectivity index (χ1n) is 36.4. The van der Waals surface area contributed by atoms with Gasteiger partial charge in [0.25, 0.3) is 0 Å². The average Bonchev–Trinajstić information content (AvgIpc) is 1.73. The summed E-state index contributed by atoms with van der Waals surface area (Å²) in [6.07, 6.45) is 19.7. The Hall–Kier alpha value is -7.92. The molecule has 6 aliphatic rings. The van der Waals surface area contributed by atoms with Crippen LogP contribution in [0.1, 0.15) is 110 Å². The third-order valence-corrected chi connectivity index (χ3v) is 21.3. The summed E-state index contributed by atoms with van der Waals surface area (Å²) in [5, 5.41) is 12.5. The number of hydrogen-bond donors (Lipinski definition) is 6. The third kappa shape index (κ3) is 16.6. The molecule has 0 bridgehead atoms. The molecule has 9 atom stereocenters. The zero-order valence-corrected chi connectivity index (χ0v) is 60.4. The Labute approximate surface area is 586 Å². The van der Waals surface area contributed by atoms with Crippen LogP contribution in [0.15, 0.2) is 111 Å². The van der Waals surface area contributed by atoms with Gasteiger partial charge in [-0.1, -0.05) is 54.6 Å². The van der Waals surface area contributed by atoms with Gasteiger partial charge in [-0.2, -0.15) is 0 Å². The topological polar surface area (TPSA) is 215 Å². The maximum absolute atomic E-state index is 13.7. The minimum Gasteiger partial charge on any atom is -0.361 e. The lowest BCUT2D eigenvalue weighted by atomic mass is 9.72. The predicted octanol–water partition coefficient (Wildman–Crippen LogP) is 9.58. The zero-order valence-electron chi connectivity index (χ0n) is 60.4. The van der Waals surface area contributed by atoms with E-state index in [4.69, 9.17) is 0 Å². The quantitative estimate of drug-likeness (QED) is 0.0313. The van der Waals surface area contributed by atoms with Gasteiger partial charge in [0.2, 0.25) is 17.7 Å². The molecule has 12 rings (SSSR count). The summed E-state index contributed by atoms with van der Waals surface area (Å²) in [5.41, 5.74) is 11.5. The van der Waals surface area contributed by atoms with Crippen molar-refractivity contribution in [2.45, 2.75) is 114 Å². The first-order valence-corrected chi connectivity index (χ1v) is 36.4. The van der Waals surface area contributed by atoms with Crippen molar-refractivity contribution in [1.29, 1.82) is 0 Å². The van der Waals surface area contributed by atoms with Gasteiger partial charge in [0.05, 0.1) is 17.8 Å². The fourth-order valence-corrected chi connectivity index (χ4v) is 17.0. The lowest BCUT2D eigenvalue weighted by Crippen LogP contribution is -2.55. The first kappa shape index (κ1) is 73.8. The maximum Gasteiger partial charge on any atom is 0.324 e. The fraction of sp³-hybridized carbons (Fsp3) is 0.538.